The second kappa shape index (κ2) is 1.50. The van der Waals surface area contributed by atoms with Crippen LogP contribution in [0.1, 0.15) is 0 Å². The molecule has 3 heteroatoms. The van der Waals surface area contributed by atoms with Crippen LogP contribution in [0, 0.1) is 6.66 Å². The SMILES string of the molecule is [CH2][PH](=O)O. The summed E-state index contributed by atoms with van der Waals surface area (Å²) in [7, 11) is -2.38. The predicted octanol–water partition coefficient (Wildman–Crippen LogP) is 0.245. The summed E-state index contributed by atoms with van der Waals surface area (Å²) in [6, 6.07) is 0. The van der Waals surface area contributed by atoms with E-state index in [0.717, 1.165) is 0 Å². The molecule has 0 fully saturated rings. The van der Waals surface area contributed by atoms with Gasteiger partial charge in [0.05, 0.1) is 0 Å². The van der Waals surface area contributed by atoms with Crippen LogP contribution >= 0.6 is 8.03 Å². The van der Waals surface area contributed by atoms with E-state index in [0.29, 0.717) is 0 Å². The number of hydrogen-bond donors (Lipinski definition) is 1. The molecule has 0 aliphatic carbocycles. The molecule has 0 aliphatic heterocycles. The van der Waals surface area contributed by atoms with Gasteiger partial charge >= 0.3 is 0 Å². The Morgan fingerprint density at radius 1 is 2.00 bits per heavy atom. The van der Waals surface area contributed by atoms with Gasteiger partial charge in [0.15, 0.2) is 8.03 Å². The zero-order valence-corrected chi connectivity index (χ0v) is 3.06. The normalized spacial score (nSPS) is 15.5. The maximum atomic E-state index is 9.07. The first-order valence-electron chi connectivity index (χ1n) is 0.781. The summed E-state index contributed by atoms with van der Waals surface area (Å²) < 4.78 is 9.07. The van der Waals surface area contributed by atoms with E-state index in [1.165, 1.54) is 0 Å². The first kappa shape index (κ1) is 4.19. The van der Waals surface area contributed by atoms with E-state index in [1.54, 1.807) is 0 Å². The maximum absolute atomic E-state index is 9.07. The van der Waals surface area contributed by atoms with Gasteiger partial charge in [0.25, 0.3) is 0 Å². The molecule has 25 valence electrons. The molecule has 1 N–H and O–H groups in total. The van der Waals surface area contributed by atoms with E-state index in [9.17, 15) is 0 Å². The molecule has 1 atom stereocenters. The lowest BCUT2D eigenvalue weighted by atomic mass is 12.0. The molecule has 0 amide bonds. The van der Waals surface area contributed by atoms with Crippen molar-refractivity contribution < 1.29 is 9.46 Å². The Hall–Kier alpha value is 0.190. The first-order chi connectivity index (χ1) is 1.73. The van der Waals surface area contributed by atoms with Gasteiger partial charge in [-0.25, -0.2) is 0 Å². The Labute approximate surface area is 25.3 Å². The molecule has 0 saturated heterocycles. The second-order valence-corrected chi connectivity index (χ2v) is 1.18. The Morgan fingerprint density at radius 3 is 2.00 bits per heavy atom. The minimum absolute atomic E-state index is 2.38. The molecule has 4 heavy (non-hydrogen) atoms. The lowest BCUT2D eigenvalue weighted by Crippen LogP contribution is -1.29. The molecule has 0 aromatic heterocycles. The van der Waals surface area contributed by atoms with E-state index in [-0.39, 0.29) is 0 Å². The molecule has 0 spiro atoms. The van der Waals surface area contributed by atoms with Gasteiger partial charge < -0.3 is 4.89 Å². The van der Waals surface area contributed by atoms with Crippen molar-refractivity contribution in [3.8, 4) is 0 Å². The molecular formula is CH4O2P. The average Bonchev–Trinajstić information content (AvgIpc) is 0.811. The van der Waals surface area contributed by atoms with Crippen molar-refractivity contribution in [3.05, 3.63) is 6.66 Å². The van der Waals surface area contributed by atoms with Crippen molar-refractivity contribution >= 4 is 8.03 Å². The zero-order chi connectivity index (χ0) is 3.58. The van der Waals surface area contributed by atoms with E-state index in [1.807, 2.05) is 0 Å². The fourth-order valence-corrected chi connectivity index (χ4v) is 0. The minimum Gasteiger partial charge on any atom is -0.346 e. The summed E-state index contributed by atoms with van der Waals surface area (Å²) in [6.45, 7) is 2.74. The smallest absolute Gasteiger partial charge is 0.189 e. The number of hydrogen-bond acceptors (Lipinski definition) is 1. The summed E-state index contributed by atoms with van der Waals surface area (Å²) in [5, 5.41) is 0. The third kappa shape index (κ3) is 85.9. The van der Waals surface area contributed by atoms with E-state index in [4.69, 9.17) is 9.46 Å². The van der Waals surface area contributed by atoms with Crippen LogP contribution in [0.3, 0.4) is 0 Å². The highest BCUT2D eigenvalue weighted by atomic mass is 31.1. The molecule has 1 unspecified atom stereocenters. The van der Waals surface area contributed by atoms with Crippen LogP contribution in [0.15, 0.2) is 0 Å². The third-order valence-corrected chi connectivity index (χ3v) is 0. The van der Waals surface area contributed by atoms with Gasteiger partial charge in [-0.3, -0.25) is 4.57 Å². The van der Waals surface area contributed by atoms with Crippen molar-refractivity contribution in [2.75, 3.05) is 0 Å². The Balaban J connectivity index is 2.80. The van der Waals surface area contributed by atoms with Crippen LogP contribution in [0.25, 0.3) is 0 Å². The van der Waals surface area contributed by atoms with Gasteiger partial charge in [0.2, 0.25) is 0 Å². The highest BCUT2D eigenvalue weighted by molar-refractivity contribution is 7.39. The largest absolute Gasteiger partial charge is 0.346 e. The van der Waals surface area contributed by atoms with Crippen molar-refractivity contribution in [2.24, 2.45) is 0 Å². The summed E-state index contributed by atoms with van der Waals surface area (Å²) in [6.07, 6.45) is 0. The zero-order valence-electron chi connectivity index (χ0n) is 2.06. The lowest BCUT2D eigenvalue weighted by Gasteiger charge is -1.60. The quantitative estimate of drug-likeness (QED) is 0.422. The lowest BCUT2D eigenvalue weighted by molar-refractivity contribution is 0.512. The minimum atomic E-state index is -2.38. The Morgan fingerprint density at radius 2 is 2.00 bits per heavy atom. The van der Waals surface area contributed by atoms with Crippen molar-refractivity contribution in [2.45, 2.75) is 0 Å². The third-order valence-electron chi connectivity index (χ3n) is 0. The van der Waals surface area contributed by atoms with Crippen molar-refractivity contribution in [1.82, 2.24) is 0 Å². The molecule has 0 aromatic carbocycles. The van der Waals surface area contributed by atoms with E-state index < -0.39 is 8.03 Å². The fraction of sp³-hybridized carbons (Fsp3) is 0. The van der Waals surface area contributed by atoms with Crippen molar-refractivity contribution in [3.63, 3.8) is 0 Å². The second-order valence-electron chi connectivity index (χ2n) is 0.394. The van der Waals surface area contributed by atoms with Gasteiger partial charge in [0, 0.05) is 6.66 Å². The molecular weight excluding hydrogens is 75.0 g/mol. The topological polar surface area (TPSA) is 37.3 Å². The predicted molar refractivity (Wildman–Crippen MR) is 16.6 cm³/mol. The van der Waals surface area contributed by atoms with E-state index in [2.05, 4.69) is 6.66 Å². The van der Waals surface area contributed by atoms with Gasteiger partial charge in [-0.05, 0) is 0 Å². The molecule has 0 rings (SSSR count). The maximum Gasteiger partial charge on any atom is 0.189 e. The highest BCUT2D eigenvalue weighted by Crippen LogP contribution is 2.04. The van der Waals surface area contributed by atoms with Crippen LogP contribution < -0.4 is 0 Å². The molecule has 0 aliphatic rings. The molecule has 0 bridgehead atoms. The van der Waals surface area contributed by atoms with Gasteiger partial charge in [0.1, 0.15) is 0 Å². The fourth-order valence-electron chi connectivity index (χ4n) is 0. The number of rotatable bonds is 0. The monoisotopic (exact) mass is 79.0 g/mol. The molecule has 0 aromatic rings. The van der Waals surface area contributed by atoms with Crippen LogP contribution in [0.2, 0.25) is 0 Å². The van der Waals surface area contributed by atoms with Gasteiger partial charge in [-0.2, -0.15) is 0 Å². The average molecular weight is 79.0 g/mol. The van der Waals surface area contributed by atoms with Crippen molar-refractivity contribution in [1.29, 1.82) is 0 Å². The van der Waals surface area contributed by atoms with Gasteiger partial charge in [-0.1, -0.05) is 0 Å². The Bertz CT molecular complexity index is 29.0. The van der Waals surface area contributed by atoms with Crippen LogP contribution in [0.5, 0.6) is 0 Å². The summed E-state index contributed by atoms with van der Waals surface area (Å²) in [5.74, 6) is 0. The molecule has 0 saturated carbocycles. The standard InChI is InChI=1S/CH4O2P/c1-4(2)3/h4H,1H2,(H,2,3). The van der Waals surface area contributed by atoms with Gasteiger partial charge in [-0.15, -0.1) is 0 Å². The first-order valence-corrected chi connectivity index (χ1v) is 2.34. The molecule has 1 radical (unpaired) electrons. The highest BCUT2D eigenvalue weighted by Gasteiger charge is 1.60. The summed E-state index contributed by atoms with van der Waals surface area (Å²) >= 11 is 0. The summed E-state index contributed by atoms with van der Waals surface area (Å²) in [5.41, 5.74) is 0. The van der Waals surface area contributed by atoms with E-state index >= 15 is 0 Å². The van der Waals surface area contributed by atoms with Crippen LogP contribution in [-0.4, -0.2) is 4.89 Å². The molecule has 0 heterocycles. The van der Waals surface area contributed by atoms with Crippen LogP contribution in [-0.2, 0) is 4.57 Å². The summed E-state index contributed by atoms with van der Waals surface area (Å²) in [4.78, 5) is 7.49. The Kier molecular flexibility index (Phi) is 1.57. The van der Waals surface area contributed by atoms with Crippen LogP contribution in [0.4, 0.5) is 0 Å². The molecule has 2 nitrogen and oxygen atoms in total.